The summed E-state index contributed by atoms with van der Waals surface area (Å²) in [4.78, 5) is 44.6. The molecule has 17 heavy (non-hydrogen) atoms. The van der Waals surface area contributed by atoms with Crippen LogP contribution in [0.3, 0.4) is 0 Å². The molecule has 3 saturated carbocycles. The van der Waals surface area contributed by atoms with Crippen molar-refractivity contribution in [3.8, 4) is 0 Å². The van der Waals surface area contributed by atoms with Gasteiger partial charge in [0.15, 0.2) is 0 Å². The molecule has 6 N–H and O–H groups in total. The summed E-state index contributed by atoms with van der Waals surface area (Å²) in [5, 5.41) is 17.9. The number of aliphatic carboxylic acids is 2. The first-order chi connectivity index (χ1) is 7.72. The molecule has 0 spiro atoms. The summed E-state index contributed by atoms with van der Waals surface area (Å²) in [5.74, 6) is -7.73. The van der Waals surface area contributed by atoms with Crippen molar-refractivity contribution in [2.24, 2.45) is 34.1 Å². The Kier molecular flexibility index (Phi) is 1.85. The maximum atomic E-state index is 11.3. The summed E-state index contributed by atoms with van der Waals surface area (Å²) in [5.41, 5.74) is 6.79. The van der Waals surface area contributed by atoms with Gasteiger partial charge in [-0.2, -0.15) is 0 Å². The highest BCUT2D eigenvalue weighted by Gasteiger charge is 2.92. The van der Waals surface area contributed by atoms with E-state index in [0.717, 1.165) is 0 Å². The summed E-state index contributed by atoms with van der Waals surface area (Å²) < 4.78 is 0. The molecule has 0 heterocycles. The van der Waals surface area contributed by atoms with Crippen LogP contribution in [0.15, 0.2) is 0 Å². The smallest absolute Gasteiger partial charge is 0.308 e. The lowest BCUT2D eigenvalue weighted by atomic mass is 9.23. The van der Waals surface area contributed by atoms with Gasteiger partial charge in [0.05, 0.1) is 22.7 Å². The normalized spacial score (nSPS) is 41.9. The first-order valence-corrected chi connectivity index (χ1v) is 4.78. The number of hydrogen-bond donors (Lipinski definition) is 4. The molecule has 0 unspecified atom stereocenters. The van der Waals surface area contributed by atoms with E-state index in [-0.39, 0.29) is 6.42 Å². The molecule has 2 bridgehead atoms. The SMILES string of the molecule is NC(=O)C12CC(C(N)=O)(C1C(=O)O)C2C(=O)O. The summed E-state index contributed by atoms with van der Waals surface area (Å²) in [7, 11) is 0. The number of amides is 2. The van der Waals surface area contributed by atoms with E-state index in [2.05, 4.69) is 0 Å². The van der Waals surface area contributed by atoms with Crippen molar-refractivity contribution in [1.82, 2.24) is 0 Å². The highest BCUT2D eigenvalue weighted by atomic mass is 16.4. The van der Waals surface area contributed by atoms with Crippen molar-refractivity contribution in [3.05, 3.63) is 0 Å². The first kappa shape index (κ1) is 11.4. The minimum Gasteiger partial charge on any atom is -0.481 e. The van der Waals surface area contributed by atoms with E-state index in [1.165, 1.54) is 0 Å². The average Bonchev–Trinajstić information content (AvgIpc) is 1.94. The lowest BCUT2D eigenvalue weighted by molar-refractivity contribution is -0.292. The summed E-state index contributed by atoms with van der Waals surface area (Å²) in [6, 6.07) is 0. The summed E-state index contributed by atoms with van der Waals surface area (Å²) in [6.45, 7) is 0. The highest BCUT2D eigenvalue weighted by molar-refractivity contribution is 6.08. The maximum absolute atomic E-state index is 11.3. The molecule has 3 rings (SSSR count). The van der Waals surface area contributed by atoms with Gasteiger partial charge in [0.2, 0.25) is 11.8 Å². The van der Waals surface area contributed by atoms with Crippen LogP contribution < -0.4 is 11.5 Å². The molecule has 8 nitrogen and oxygen atoms in total. The van der Waals surface area contributed by atoms with Crippen molar-refractivity contribution >= 4 is 23.8 Å². The lowest BCUT2D eigenvalue weighted by Crippen LogP contribution is -2.87. The molecule has 0 aromatic heterocycles. The Bertz CT molecular complexity index is 420. The Labute approximate surface area is 94.6 Å². The van der Waals surface area contributed by atoms with Gasteiger partial charge >= 0.3 is 11.9 Å². The van der Waals surface area contributed by atoms with Crippen molar-refractivity contribution in [2.45, 2.75) is 6.42 Å². The van der Waals surface area contributed by atoms with E-state index >= 15 is 0 Å². The summed E-state index contributed by atoms with van der Waals surface area (Å²) >= 11 is 0. The molecule has 0 aliphatic heterocycles. The van der Waals surface area contributed by atoms with Crippen LogP contribution in [0.25, 0.3) is 0 Å². The van der Waals surface area contributed by atoms with Crippen molar-refractivity contribution in [3.63, 3.8) is 0 Å². The maximum Gasteiger partial charge on any atom is 0.308 e. The Morgan fingerprint density at radius 1 is 0.882 bits per heavy atom. The molecule has 3 fully saturated rings. The zero-order valence-corrected chi connectivity index (χ0v) is 8.54. The van der Waals surface area contributed by atoms with Crippen LogP contribution in [-0.4, -0.2) is 34.0 Å². The second-order valence-electron chi connectivity index (χ2n) is 4.53. The van der Waals surface area contributed by atoms with E-state index in [9.17, 15) is 19.2 Å². The van der Waals surface area contributed by atoms with E-state index in [0.29, 0.717) is 0 Å². The number of carboxylic acids is 2. The zero-order chi connectivity index (χ0) is 13.2. The number of hydrogen-bond acceptors (Lipinski definition) is 4. The standard InChI is InChI=1S/C9H10N2O6/c10-6(16)8-1-9(7(11)17,2(8)4(12)13)3(8)5(14)15/h2-3H,1H2,(H2,10,16)(H2,11,17)(H,12,13)(H,14,15). The molecule has 0 saturated heterocycles. The van der Waals surface area contributed by atoms with Crippen LogP contribution in [0.1, 0.15) is 6.42 Å². The quantitative estimate of drug-likeness (QED) is 0.435. The Balaban J connectivity index is 2.51. The van der Waals surface area contributed by atoms with Gasteiger partial charge in [-0.1, -0.05) is 0 Å². The number of rotatable bonds is 4. The number of carbonyl (C=O) groups is 4. The minimum absolute atomic E-state index is 0.196. The van der Waals surface area contributed by atoms with Gasteiger partial charge in [0.1, 0.15) is 0 Å². The third-order valence-corrected chi connectivity index (χ3v) is 4.06. The zero-order valence-electron chi connectivity index (χ0n) is 8.54. The predicted octanol–water partition coefficient (Wildman–Crippen LogP) is -2.25. The van der Waals surface area contributed by atoms with Crippen LogP contribution in [0.5, 0.6) is 0 Å². The second kappa shape index (κ2) is 2.76. The molecular weight excluding hydrogens is 232 g/mol. The molecule has 92 valence electrons. The molecule has 0 radical (unpaired) electrons. The van der Waals surface area contributed by atoms with Crippen LogP contribution in [0, 0.1) is 22.7 Å². The van der Waals surface area contributed by atoms with Crippen LogP contribution in [-0.2, 0) is 19.2 Å². The van der Waals surface area contributed by atoms with Gasteiger partial charge in [-0.15, -0.1) is 0 Å². The molecule has 0 atom stereocenters. The molecule has 3 aliphatic carbocycles. The van der Waals surface area contributed by atoms with E-state index < -0.39 is 46.4 Å². The number of primary amides is 2. The molecule has 0 aromatic rings. The van der Waals surface area contributed by atoms with Gasteiger partial charge in [-0.05, 0) is 6.42 Å². The molecule has 3 aliphatic rings. The third kappa shape index (κ3) is 0.855. The van der Waals surface area contributed by atoms with Crippen LogP contribution >= 0.6 is 0 Å². The fourth-order valence-corrected chi connectivity index (χ4v) is 3.41. The first-order valence-electron chi connectivity index (χ1n) is 4.78. The second-order valence-corrected chi connectivity index (χ2v) is 4.53. The van der Waals surface area contributed by atoms with Crippen molar-refractivity contribution in [1.29, 1.82) is 0 Å². The fraction of sp³-hybridized carbons (Fsp3) is 0.556. The van der Waals surface area contributed by atoms with Gasteiger partial charge in [0.25, 0.3) is 0 Å². The number of nitrogens with two attached hydrogens (primary N) is 2. The average molecular weight is 242 g/mol. The predicted molar refractivity (Wildman–Crippen MR) is 50.1 cm³/mol. The molecule has 0 aromatic carbocycles. The van der Waals surface area contributed by atoms with E-state index in [1.54, 1.807) is 0 Å². The van der Waals surface area contributed by atoms with E-state index in [4.69, 9.17) is 21.7 Å². The van der Waals surface area contributed by atoms with Gasteiger partial charge in [-0.25, -0.2) is 0 Å². The Morgan fingerprint density at radius 3 is 1.35 bits per heavy atom. The fourth-order valence-electron chi connectivity index (χ4n) is 3.41. The molecule has 8 heteroatoms. The largest absolute Gasteiger partial charge is 0.481 e. The summed E-state index contributed by atoms with van der Waals surface area (Å²) in [6.07, 6.45) is -0.196. The highest BCUT2D eigenvalue weighted by Crippen LogP contribution is 2.80. The van der Waals surface area contributed by atoms with Gasteiger partial charge in [0, 0.05) is 0 Å². The molecular formula is C9H10N2O6. The Hall–Kier alpha value is -2.12. The van der Waals surface area contributed by atoms with Crippen LogP contribution in [0.2, 0.25) is 0 Å². The monoisotopic (exact) mass is 242 g/mol. The van der Waals surface area contributed by atoms with Crippen molar-refractivity contribution in [2.75, 3.05) is 0 Å². The Morgan fingerprint density at radius 2 is 1.18 bits per heavy atom. The number of carboxylic acid groups (broad SMARTS) is 2. The molecule has 2 amide bonds. The van der Waals surface area contributed by atoms with Gasteiger partial charge in [-0.3, -0.25) is 19.2 Å². The van der Waals surface area contributed by atoms with E-state index in [1.807, 2.05) is 0 Å². The van der Waals surface area contributed by atoms with Crippen molar-refractivity contribution < 1.29 is 29.4 Å². The number of carbonyl (C=O) groups excluding carboxylic acids is 2. The minimum atomic E-state index is -1.67. The lowest BCUT2D eigenvalue weighted by Gasteiger charge is -2.74. The topological polar surface area (TPSA) is 161 Å². The van der Waals surface area contributed by atoms with Gasteiger partial charge < -0.3 is 21.7 Å². The van der Waals surface area contributed by atoms with Crippen LogP contribution in [0.4, 0.5) is 0 Å². The third-order valence-electron chi connectivity index (χ3n) is 4.06.